The Morgan fingerprint density at radius 2 is 1.86 bits per heavy atom. The van der Waals surface area contributed by atoms with Gasteiger partial charge >= 0.3 is 0 Å². The Labute approximate surface area is 136 Å². The van der Waals surface area contributed by atoms with Crippen LogP contribution in [0.2, 0.25) is 0 Å². The van der Waals surface area contributed by atoms with Gasteiger partial charge < -0.3 is 21.7 Å². The summed E-state index contributed by atoms with van der Waals surface area (Å²) in [4.78, 5) is 12.2. The molecule has 0 bridgehead atoms. The molecule has 0 aliphatic rings. The van der Waals surface area contributed by atoms with E-state index >= 15 is 0 Å². The van der Waals surface area contributed by atoms with E-state index in [0.717, 1.165) is 5.75 Å². The number of hydrogen-bond acceptors (Lipinski definition) is 2. The second-order valence-corrected chi connectivity index (χ2v) is 5.82. The number of carbonyl (C=O) groups excluding carboxylic acids is 1. The quantitative estimate of drug-likeness (QED) is 0.545. The molecule has 0 aliphatic carbocycles. The zero-order valence-corrected chi connectivity index (χ0v) is 14.4. The van der Waals surface area contributed by atoms with Gasteiger partial charge in [0.25, 0.3) is 0 Å². The molecule has 4 nitrogen and oxygen atoms in total. The fourth-order valence-corrected chi connectivity index (χ4v) is 1.92. The van der Waals surface area contributed by atoms with Crippen LogP contribution in [0.4, 0.5) is 0 Å². The highest BCUT2D eigenvalue weighted by Crippen LogP contribution is 2.13. The lowest BCUT2D eigenvalue weighted by molar-refractivity contribution is -0.682. The normalized spacial score (nSPS) is 10.9. The van der Waals surface area contributed by atoms with Crippen molar-refractivity contribution in [3.63, 3.8) is 0 Å². The topological polar surface area (TPSA) is 35.1 Å². The molecule has 114 valence electrons. The van der Waals surface area contributed by atoms with E-state index < -0.39 is 0 Å². The first-order valence-corrected chi connectivity index (χ1v) is 6.65. The van der Waals surface area contributed by atoms with Gasteiger partial charge in [0.05, 0.1) is 7.11 Å². The molecule has 2 rings (SSSR count). The first-order chi connectivity index (χ1) is 9.40. The van der Waals surface area contributed by atoms with E-state index in [1.165, 1.54) is 0 Å². The number of nitrogens with zero attached hydrogens (tertiary/aromatic N) is 2. The number of rotatable bonds is 4. The molecule has 0 spiro atoms. The average molecular weight is 353 g/mol. The molecule has 0 N–H and O–H groups in total. The number of methoxy groups -OCH3 is 1. The van der Waals surface area contributed by atoms with Crippen LogP contribution < -0.4 is 26.3 Å². The van der Waals surface area contributed by atoms with Crippen molar-refractivity contribution in [2.24, 2.45) is 0 Å². The molecule has 0 radical (unpaired) electrons. The molecule has 0 aliphatic heterocycles. The summed E-state index contributed by atoms with van der Waals surface area (Å²) in [6, 6.07) is 7.20. The number of ketones is 1. The largest absolute Gasteiger partial charge is 1.00 e. The molecule has 1 aromatic carbocycles. The molecule has 1 aromatic heterocycles. The number of Topliss-reactive ketones (excluding diaryl/α,β-unsaturated/α-hetero) is 1. The Morgan fingerprint density at radius 1 is 1.24 bits per heavy atom. The standard InChI is InChI=1S/C16H21N2O2.BrH/c1-16(2,3)18-10-9-17(12-18)11-15(19)13-5-7-14(20-4)8-6-13;/h5-10,12H,11H2,1-4H3;1H/q+1;/p-1. The first kappa shape index (κ1) is 17.4. The van der Waals surface area contributed by atoms with Crippen molar-refractivity contribution in [2.45, 2.75) is 32.9 Å². The summed E-state index contributed by atoms with van der Waals surface area (Å²) >= 11 is 0. The van der Waals surface area contributed by atoms with Gasteiger partial charge in [0.2, 0.25) is 12.1 Å². The maximum Gasteiger partial charge on any atom is 0.244 e. The molecular formula is C16H21BrN2O2. The van der Waals surface area contributed by atoms with Gasteiger partial charge in [0.15, 0.2) is 6.54 Å². The maximum absolute atomic E-state index is 12.2. The van der Waals surface area contributed by atoms with Crippen LogP contribution in [0, 0.1) is 0 Å². The maximum atomic E-state index is 12.2. The van der Waals surface area contributed by atoms with Crippen molar-refractivity contribution in [1.82, 2.24) is 4.57 Å². The molecular weight excluding hydrogens is 332 g/mol. The Morgan fingerprint density at radius 3 is 2.33 bits per heavy atom. The summed E-state index contributed by atoms with van der Waals surface area (Å²) < 4.78 is 9.08. The van der Waals surface area contributed by atoms with Crippen LogP contribution in [0.25, 0.3) is 0 Å². The lowest BCUT2D eigenvalue weighted by Gasteiger charge is -2.13. The summed E-state index contributed by atoms with van der Waals surface area (Å²) in [5, 5.41) is 0. The van der Waals surface area contributed by atoms with Crippen LogP contribution in [0.5, 0.6) is 5.75 Å². The molecule has 0 saturated heterocycles. The van der Waals surface area contributed by atoms with Crippen molar-refractivity contribution in [3.05, 3.63) is 48.5 Å². The van der Waals surface area contributed by atoms with Crippen molar-refractivity contribution < 1.29 is 31.1 Å². The van der Waals surface area contributed by atoms with Crippen molar-refractivity contribution in [3.8, 4) is 5.75 Å². The third kappa shape index (κ3) is 4.43. The van der Waals surface area contributed by atoms with Crippen LogP contribution >= 0.6 is 0 Å². The van der Waals surface area contributed by atoms with Gasteiger partial charge in [-0.2, -0.15) is 0 Å². The van der Waals surface area contributed by atoms with Crippen molar-refractivity contribution in [2.75, 3.05) is 7.11 Å². The molecule has 2 aromatic rings. The van der Waals surface area contributed by atoms with E-state index in [1.54, 1.807) is 31.4 Å². The van der Waals surface area contributed by atoms with Crippen LogP contribution in [-0.4, -0.2) is 17.5 Å². The van der Waals surface area contributed by atoms with Crippen molar-refractivity contribution in [1.29, 1.82) is 0 Å². The summed E-state index contributed by atoms with van der Waals surface area (Å²) in [5.41, 5.74) is 0.718. The minimum Gasteiger partial charge on any atom is -1.00 e. The molecule has 5 heteroatoms. The van der Waals surface area contributed by atoms with Gasteiger partial charge in [-0.1, -0.05) is 0 Å². The van der Waals surface area contributed by atoms with Gasteiger partial charge in [0, 0.05) is 5.56 Å². The predicted octanol–water partition coefficient (Wildman–Crippen LogP) is -0.574. The van der Waals surface area contributed by atoms with Crippen LogP contribution in [0.3, 0.4) is 0 Å². The highest BCUT2D eigenvalue weighted by Gasteiger charge is 2.20. The minimum absolute atomic E-state index is 0. The Balaban J connectivity index is 0.00000220. The van der Waals surface area contributed by atoms with Gasteiger partial charge in [0.1, 0.15) is 23.7 Å². The molecule has 0 atom stereocenters. The number of benzene rings is 1. The highest BCUT2D eigenvalue weighted by molar-refractivity contribution is 5.95. The zero-order valence-electron chi connectivity index (χ0n) is 12.8. The SMILES string of the molecule is COc1ccc(C(=O)C[n+]2ccn(C(C)(C)C)c2)cc1.[Br-]. The molecule has 1 heterocycles. The third-order valence-corrected chi connectivity index (χ3v) is 3.20. The summed E-state index contributed by atoms with van der Waals surface area (Å²) in [6.07, 6.45) is 5.87. The van der Waals surface area contributed by atoms with E-state index in [-0.39, 0.29) is 28.3 Å². The number of imidazole rings is 1. The molecule has 0 amide bonds. The van der Waals surface area contributed by atoms with Crippen molar-refractivity contribution >= 4 is 5.78 Å². The molecule has 21 heavy (non-hydrogen) atoms. The summed E-state index contributed by atoms with van der Waals surface area (Å²) in [5.74, 6) is 0.845. The Kier molecular flexibility index (Phi) is 5.72. The van der Waals surface area contributed by atoms with E-state index in [9.17, 15) is 4.79 Å². The fraction of sp³-hybridized carbons (Fsp3) is 0.375. The minimum atomic E-state index is 0. The Bertz CT molecular complexity index is 597. The van der Waals surface area contributed by atoms with Crippen LogP contribution in [0.1, 0.15) is 31.1 Å². The number of ether oxygens (including phenoxy) is 1. The zero-order chi connectivity index (χ0) is 14.8. The van der Waals surface area contributed by atoms with Gasteiger partial charge in [-0.25, -0.2) is 9.13 Å². The average Bonchev–Trinajstić information content (AvgIpc) is 2.87. The monoisotopic (exact) mass is 352 g/mol. The smallest absolute Gasteiger partial charge is 0.244 e. The van der Waals surface area contributed by atoms with Crippen LogP contribution in [0.15, 0.2) is 43.0 Å². The third-order valence-electron chi connectivity index (χ3n) is 3.20. The number of hydrogen-bond donors (Lipinski definition) is 0. The lowest BCUT2D eigenvalue weighted by atomic mass is 10.1. The Hall–Kier alpha value is -1.62. The lowest BCUT2D eigenvalue weighted by Crippen LogP contribution is -3.00. The molecule has 0 fully saturated rings. The fourth-order valence-electron chi connectivity index (χ4n) is 1.92. The first-order valence-electron chi connectivity index (χ1n) is 6.65. The van der Waals surface area contributed by atoms with Crippen LogP contribution in [-0.2, 0) is 12.1 Å². The van der Waals surface area contributed by atoms with Gasteiger partial charge in [-0.05, 0) is 45.0 Å². The van der Waals surface area contributed by atoms with E-state index in [4.69, 9.17) is 4.74 Å². The van der Waals surface area contributed by atoms with Gasteiger partial charge in [-0.15, -0.1) is 0 Å². The second-order valence-electron chi connectivity index (χ2n) is 5.82. The number of halogens is 1. The second kappa shape index (κ2) is 6.89. The van der Waals surface area contributed by atoms with E-state index in [2.05, 4.69) is 25.3 Å². The summed E-state index contributed by atoms with van der Waals surface area (Å²) in [6.45, 7) is 6.73. The molecule has 0 saturated carbocycles. The highest BCUT2D eigenvalue weighted by atomic mass is 79.9. The number of aromatic nitrogens is 2. The van der Waals surface area contributed by atoms with E-state index in [1.807, 2.05) is 23.3 Å². The van der Waals surface area contributed by atoms with Gasteiger partial charge in [-0.3, -0.25) is 4.79 Å². The molecule has 0 unspecified atom stereocenters. The number of carbonyl (C=O) groups is 1. The van der Waals surface area contributed by atoms with E-state index in [0.29, 0.717) is 12.1 Å². The summed E-state index contributed by atoms with van der Waals surface area (Å²) in [7, 11) is 1.61. The predicted molar refractivity (Wildman–Crippen MR) is 76.9 cm³/mol.